The van der Waals surface area contributed by atoms with Crippen molar-refractivity contribution in [2.75, 3.05) is 19.0 Å². The fourth-order valence-corrected chi connectivity index (χ4v) is 5.47. The summed E-state index contributed by atoms with van der Waals surface area (Å²) in [5.41, 5.74) is 2.65. The Morgan fingerprint density at radius 3 is 2.74 bits per heavy atom. The summed E-state index contributed by atoms with van der Waals surface area (Å²) in [5, 5.41) is 4.36. The van der Waals surface area contributed by atoms with Gasteiger partial charge >= 0.3 is 7.60 Å². The van der Waals surface area contributed by atoms with Gasteiger partial charge in [0, 0.05) is 28.4 Å². The van der Waals surface area contributed by atoms with Crippen molar-refractivity contribution in [3.05, 3.63) is 60.3 Å². The molecular formula is C20H23N2O4P. The van der Waals surface area contributed by atoms with Crippen LogP contribution in [0.5, 0.6) is 5.75 Å². The van der Waals surface area contributed by atoms with Crippen molar-refractivity contribution < 1.29 is 18.3 Å². The van der Waals surface area contributed by atoms with Crippen LogP contribution in [0.1, 0.15) is 24.7 Å². The third-order valence-electron chi connectivity index (χ3n) is 4.75. The van der Waals surface area contributed by atoms with E-state index in [1.165, 1.54) is 0 Å². The van der Waals surface area contributed by atoms with Crippen LogP contribution < -0.4 is 10.1 Å². The molecule has 0 saturated carbocycles. The van der Waals surface area contributed by atoms with Crippen molar-refractivity contribution in [2.45, 2.75) is 25.2 Å². The molecule has 142 valence electrons. The third-order valence-corrected chi connectivity index (χ3v) is 6.98. The van der Waals surface area contributed by atoms with E-state index < -0.39 is 13.4 Å². The van der Waals surface area contributed by atoms with Gasteiger partial charge < -0.3 is 24.1 Å². The summed E-state index contributed by atoms with van der Waals surface area (Å²) in [4.78, 5) is 3.25. The molecule has 3 aromatic rings. The Morgan fingerprint density at radius 1 is 1.22 bits per heavy atom. The minimum absolute atomic E-state index is 0.116. The average Bonchev–Trinajstić information content (AvgIpc) is 3.10. The highest BCUT2D eigenvalue weighted by Crippen LogP contribution is 2.64. The molecule has 1 saturated heterocycles. The average molecular weight is 386 g/mol. The molecule has 1 aromatic heterocycles. The number of para-hydroxylation sites is 1. The Balaban J connectivity index is 1.76. The van der Waals surface area contributed by atoms with Crippen molar-refractivity contribution in [3.63, 3.8) is 0 Å². The normalized spacial score (nSPS) is 23.9. The Morgan fingerprint density at radius 2 is 2.00 bits per heavy atom. The second-order valence-electron chi connectivity index (χ2n) is 6.64. The first kappa shape index (κ1) is 18.1. The molecule has 1 aliphatic heterocycles. The number of fused-ring (bicyclic) bond motifs is 1. The zero-order chi connectivity index (χ0) is 18.9. The van der Waals surface area contributed by atoms with Gasteiger partial charge in [0.05, 0.1) is 19.8 Å². The lowest BCUT2D eigenvalue weighted by Crippen LogP contribution is -2.23. The zero-order valence-electron chi connectivity index (χ0n) is 15.3. The van der Waals surface area contributed by atoms with Crippen LogP contribution in [0.2, 0.25) is 0 Å². The summed E-state index contributed by atoms with van der Waals surface area (Å²) in [5.74, 6) is 0.138. The molecule has 27 heavy (non-hydrogen) atoms. The van der Waals surface area contributed by atoms with Crippen LogP contribution in [0, 0.1) is 0 Å². The monoisotopic (exact) mass is 386 g/mol. The first-order chi connectivity index (χ1) is 13.1. The topological polar surface area (TPSA) is 72.6 Å². The fraction of sp³-hybridized carbons (Fsp3) is 0.300. The lowest BCUT2D eigenvalue weighted by molar-refractivity contribution is 0.0888. The lowest BCUT2D eigenvalue weighted by Gasteiger charge is -2.33. The molecule has 2 N–H and O–H groups in total. The number of H-pyrrole nitrogens is 1. The molecule has 3 atom stereocenters. The highest BCUT2D eigenvalue weighted by atomic mass is 31.2. The first-order valence-electron chi connectivity index (χ1n) is 8.98. The van der Waals surface area contributed by atoms with E-state index in [9.17, 15) is 4.57 Å². The molecule has 7 heteroatoms. The number of aromatic nitrogens is 1. The molecule has 0 spiro atoms. The van der Waals surface area contributed by atoms with E-state index >= 15 is 0 Å². The second-order valence-corrected chi connectivity index (χ2v) is 8.71. The number of rotatable bonds is 5. The Kier molecular flexibility index (Phi) is 4.96. The molecule has 1 aliphatic rings. The van der Waals surface area contributed by atoms with Gasteiger partial charge in [-0.15, -0.1) is 0 Å². The standard InChI is InChI=1S/C20H23N2O4P/c1-14-11-12-25-27(23,26-14)20(22-15-7-9-16(24-2)10-8-15)18-13-21-19-6-4-3-5-17(18)19/h3-10,13-14,20-22H,11-12H2,1-2H3/t14-,20-,27-/m0/s1. The van der Waals surface area contributed by atoms with E-state index in [0.29, 0.717) is 6.61 Å². The van der Waals surface area contributed by atoms with Crippen LogP contribution in [0.4, 0.5) is 5.69 Å². The maximum absolute atomic E-state index is 13.7. The van der Waals surface area contributed by atoms with E-state index in [-0.39, 0.29) is 6.10 Å². The molecular weight excluding hydrogens is 363 g/mol. The SMILES string of the molecule is COc1ccc(N[C@H](c2c[nH]c3ccccc23)[P@]2(=O)OCC[C@H](C)O2)cc1. The summed E-state index contributed by atoms with van der Waals surface area (Å²) >= 11 is 0. The summed E-state index contributed by atoms with van der Waals surface area (Å²) in [6.07, 6.45) is 2.49. The quantitative estimate of drug-likeness (QED) is 0.582. The Hall–Kier alpha value is -2.27. The van der Waals surface area contributed by atoms with Gasteiger partial charge in [-0.3, -0.25) is 4.57 Å². The molecule has 0 amide bonds. The molecule has 2 aromatic carbocycles. The van der Waals surface area contributed by atoms with Gasteiger partial charge in [-0.1, -0.05) is 18.2 Å². The summed E-state index contributed by atoms with van der Waals surface area (Å²) in [7, 11) is -1.79. The third kappa shape index (κ3) is 3.61. The predicted octanol–water partition coefficient (Wildman–Crippen LogP) is 5.31. The van der Waals surface area contributed by atoms with Crippen LogP contribution in [0.15, 0.2) is 54.7 Å². The number of methoxy groups -OCH3 is 1. The van der Waals surface area contributed by atoms with Gasteiger partial charge in [0.1, 0.15) is 5.75 Å². The minimum Gasteiger partial charge on any atom is -0.497 e. The number of nitrogens with one attached hydrogen (secondary N) is 2. The predicted molar refractivity (Wildman–Crippen MR) is 106 cm³/mol. The van der Waals surface area contributed by atoms with E-state index in [1.54, 1.807) is 7.11 Å². The van der Waals surface area contributed by atoms with Crippen molar-refractivity contribution in [2.24, 2.45) is 0 Å². The number of hydrogen-bond acceptors (Lipinski definition) is 5. The van der Waals surface area contributed by atoms with Gasteiger partial charge in [0.25, 0.3) is 0 Å². The van der Waals surface area contributed by atoms with Gasteiger partial charge in [-0.2, -0.15) is 0 Å². The lowest BCUT2D eigenvalue weighted by atomic mass is 10.1. The molecule has 0 unspecified atom stereocenters. The second kappa shape index (κ2) is 7.39. The van der Waals surface area contributed by atoms with Gasteiger partial charge in [0.2, 0.25) is 0 Å². The largest absolute Gasteiger partial charge is 0.497 e. The number of benzene rings is 2. The van der Waals surface area contributed by atoms with E-state index in [2.05, 4.69) is 10.3 Å². The Bertz CT molecular complexity index is 970. The van der Waals surface area contributed by atoms with Gasteiger partial charge in [-0.25, -0.2) is 0 Å². The maximum Gasteiger partial charge on any atom is 0.357 e. The van der Waals surface area contributed by atoms with Crippen LogP contribution in [-0.2, 0) is 13.6 Å². The highest BCUT2D eigenvalue weighted by Gasteiger charge is 2.42. The highest BCUT2D eigenvalue weighted by molar-refractivity contribution is 7.54. The smallest absolute Gasteiger partial charge is 0.357 e. The molecule has 4 rings (SSSR count). The van der Waals surface area contributed by atoms with Crippen LogP contribution in [0.3, 0.4) is 0 Å². The number of hydrogen-bond donors (Lipinski definition) is 2. The zero-order valence-corrected chi connectivity index (χ0v) is 16.2. The number of aromatic amines is 1. The van der Waals surface area contributed by atoms with Crippen LogP contribution in [0.25, 0.3) is 10.9 Å². The van der Waals surface area contributed by atoms with Crippen molar-refractivity contribution in [3.8, 4) is 5.75 Å². The molecule has 0 aliphatic carbocycles. The van der Waals surface area contributed by atoms with Crippen molar-refractivity contribution in [1.29, 1.82) is 0 Å². The van der Waals surface area contributed by atoms with Crippen LogP contribution >= 0.6 is 7.60 Å². The van der Waals surface area contributed by atoms with Gasteiger partial charge in [-0.05, 0) is 43.7 Å². The summed E-state index contributed by atoms with van der Waals surface area (Å²) in [6, 6.07) is 15.4. The van der Waals surface area contributed by atoms with E-state index in [0.717, 1.165) is 34.3 Å². The number of anilines is 1. The van der Waals surface area contributed by atoms with E-state index in [4.69, 9.17) is 13.8 Å². The van der Waals surface area contributed by atoms with Crippen molar-refractivity contribution in [1.82, 2.24) is 4.98 Å². The van der Waals surface area contributed by atoms with E-state index in [1.807, 2.05) is 61.7 Å². The summed E-state index contributed by atoms with van der Waals surface area (Å²) in [6.45, 7) is 2.34. The minimum atomic E-state index is -3.42. The molecule has 0 radical (unpaired) electrons. The molecule has 6 nitrogen and oxygen atoms in total. The molecule has 2 heterocycles. The first-order valence-corrected chi connectivity index (χ1v) is 10.6. The van der Waals surface area contributed by atoms with Crippen LogP contribution in [-0.4, -0.2) is 24.8 Å². The summed E-state index contributed by atoms with van der Waals surface area (Å²) < 4.78 is 30.5. The van der Waals surface area contributed by atoms with Gasteiger partial charge in [0.15, 0.2) is 5.78 Å². The fourth-order valence-electron chi connectivity index (χ4n) is 3.31. The van der Waals surface area contributed by atoms with Crippen molar-refractivity contribution >= 4 is 24.2 Å². The Labute approximate surface area is 158 Å². The number of ether oxygens (including phenoxy) is 1. The maximum atomic E-state index is 13.7. The molecule has 0 bridgehead atoms. The molecule has 1 fully saturated rings.